The molecule has 1 aromatic heterocycles. The predicted octanol–water partition coefficient (Wildman–Crippen LogP) is 3.53. The van der Waals surface area contributed by atoms with Gasteiger partial charge in [-0.15, -0.1) is 0 Å². The molecule has 13 nitrogen and oxygen atoms in total. The molecule has 0 spiro atoms. The number of amides is 2. The zero-order valence-electron chi connectivity index (χ0n) is 29.8. The van der Waals surface area contributed by atoms with Crippen LogP contribution < -0.4 is 20.0 Å². The Hall–Kier alpha value is -4.26. The van der Waals surface area contributed by atoms with Crippen molar-refractivity contribution in [3.63, 3.8) is 0 Å². The molecule has 0 bridgehead atoms. The van der Waals surface area contributed by atoms with Crippen LogP contribution in [-0.4, -0.2) is 113 Å². The number of hydrogen-bond acceptors (Lipinski definition) is 10. The van der Waals surface area contributed by atoms with Gasteiger partial charge in [0.05, 0.1) is 35.9 Å². The van der Waals surface area contributed by atoms with Gasteiger partial charge < -0.3 is 23.7 Å². The van der Waals surface area contributed by atoms with Crippen molar-refractivity contribution in [1.29, 1.82) is 0 Å². The maximum atomic E-state index is 16.0. The molecule has 3 aromatic rings. The first kappa shape index (κ1) is 38.5. The van der Waals surface area contributed by atoms with E-state index >= 15 is 4.39 Å². The van der Waals surface area contributed by atoms with Crippen molar-refractivity contribution < 1.29 is 49.5 Å². The fourth-order valence-electron chi connectivity index (χ4n) is 7.32. The van der Waals surface area contributed by atoms with Crippen molar-refractivity contribution in [2.75, 3.05) is 71.5 Å². The molecule has 53 heavy (non-hydrogen) atoms. The van der Waals surface area contributed by atoms with E-state index in [0.29, 0.717) is 37.1 Å². The van der Waals surface area contributed by atoms with Crippen molar-refractivity contribution in [2.45, 2.75) is 51.9 Å². The van der Waals surface area contributed by atoms with Crippen LogP contribution in [0.25, 0.3) is 11.0 Å². The Balaban J connectivity index is 1.29. The van der Waals surface area contributed by atoms with Gasteiger partial charge in [-0.1, -0.05) is 0 Å². The minimum atomic E-state index is -4.95. The molecular formula is C35H41F4N5O8S. The number of fused-ring (bicyclic) bond motifs is 3. The van der Waals surface area contributed by atoms with Crippen LogP contribution in [0.5, 0.6) is 5.75 Å². The minimum absolute atomic E-state index is 0.0241. The lowest BCUT2D eigenvalue weighted by Crippen LogP contribution is -2.53. The summed E-state index contributed by atoms with van der Waals surface area (Å²) in [6, 6.07) is 3.93. The summed E-state index contributed by atoms with van der Waals surface area (Å²) in [5.74, 6) is -5.23. The van der Waals surface area contributed by atoms with Crippen LogP contribution in [0.2, 0.25) is 0 Å². The number of anilines is 1. The summed E-state index contributed by atoms with van der Waals surface area (Å²) in [6.45, 7) is 4.63. The van der Waals surface area contributed by atoms with E-state index in [9.17, 15) is 36.0 Å². The number of carbonyl (C=O) groups is 2. The highest BCUT2D eigenvalue weighted by Gasteiger charge is 2.36. The lowest BCUT2D eigenvalue weighted by atomic mass is 9.92. The highest BCUT2D eigenvalue weighted by atomic mass is 32.2. The second-order valence-corrected chi connectivity index (χ2v) is 15.3. The first-order valence-electron chi connectivity index (χ1n) is 17.2. The Morgan fingerprint density at radius 2 is 1.74 bits per heavy atom. The van der Waals surface area contributed by atoms with Crippen molar-refractivity contribution >= 4 is 38.7 Å². The fraction of sp³-hybridized carbons (Fsp3) is 0.514. The van der Waals surface area contributed by atoms with Crippen LogP contribution in [0, 0.1) is 19.7 Å². The summed E-state index contributed by atoms with van der Waals surface area (Å²) < 4.78 is 99.6. The molecule has 3 aliphatic rings. The monoisotopic (exact) mass is 767 g/mol. The molecule has 1 N–H and O–H groups in total. The Morgan fingerprint density at radius 3 is 2.42 bits per heavy atom. The maximum Gasteiger partial charge on any atom is 0.422 e. The molecule has 0 aliphatic carbocycles. The zero-order valence-corrected chi connectivity index (χ0v) is 30.6. The van der Waals surface area contributed by atoms with Crippen LogP contribution in [0.4, 0.5) is 23.2 Å². The topological polar surface area (TPSA) is 142 Å². The van der Waals surface area contributed by atoms with Crippen molar-refractivity contribution in [1.82, 2.24) is 18.8 Å². The van der Waals surface area contributed by atoms with Crippen molar-refractivity contribution in [2.24, 2.45) is 0 Å². The fourth-order valence-corrected chi connectivity index (χ4v) is 8.53. The Morgan fingerprint density at radius 1 is 1.04 bits per heavy atom. The second kappa shape index (κ2) is 14.9. The van der Waals surface area contributed by atoms with Crippen molar-refractivity contribution in [3.05, 3.63) is 67.8 Å². The van der Waals surface area contributed by atoms with Gasteiger partial charge in [0.1, 0.15) is 5.58 Å². The molecule has 0 unspecified atom stereocenters. The van der Waals surface area contributed by atoms with Gasteiger partial charge in [0, 0.05) is 63.0 Å². The Kier molecular flexibility index (Phi) is 10.8. The number of rotatable bonds is 9. The predicted molar refractivity (Wildman–Crippen MR) is 186 cm³/mol. The van der Waals surface area contributed by atoms with E-state index < -0.39 is 63.1 Å². The summed E-state index contributed by atoms with van der Waals surface area (Å²) in [4.78, 5) is 45.9. The largest absolute Gasteiger partial charge is 0.480 e. The number of alkyl halides is 3. The van der Waals surface area contributed by atoms with Crippen LogP contribution in [0.15, 0.2) is 27.4 Å². The summed E-state index contributed by atoms with van der Waals surface area (Å²) in [5.41, 5.74) is 1.63. The molecule has 0 radical (unpaired) electrons. The van der Waals surface area contributed by atoms with Gasteiger partial charge in [-0.3, -0.25) is 14.5 Å². The molecule has 2 amide bonds. The second-order valence-electron chi connectivity index (χ2n) is 13.7. The number of aryl methyl sites for hydroxylation is 2. The minimum Gasteiger partial charge on any atom is -0.480 e. The maximum absolute atomic E-state index is 16.0. The van der Waals surface area contributed by atoms with Crippen LogP contribution in [0.3, 0.4) is 0 Å². The lowest BCUT2D eigenvalue weighted by Gasteiger charge is -2.41. The van der Waals surface area contributed by atoms with Crippen LogP contribution in [-0.2, 0) is 27.9 Å². The lowest BCUT2D eigenvalue weighted by molar-refractivity contribution is -0.153. The van der Waals surface area contributed by atoms with Gasteiger partial charge in [-0.25, -0.2) is 13.9 Å². The molecule has 288 valence electrons. The molecule has 18 heteroatoms. The number of carbonyl (C=O) groups excluding carboxylic acids is 2. The van der Waals surface area contributed by atoms with Gasteiger partial charge >= 0.3 is 22.0 Å². The first-order valence-corrected chi connectivity index (χ1v) is 18.6. The average Bonchev–Trinajstić information content (AvgIpc) is 3.66. The number of ether oxygens (including phenoxy) is 2. The summed E-state index contributed by atoms with van der Waals surface area (Å²) in [5, 5.41) is 0.740. The third kappa shape index (κ3) is 7.72. The number of nitrogens with zero attached hydrogens (tertiary/aromatic N) is 4. The Bertz CT molecular complexity index is 2100. The van der Waals surface area contributed by atoms with Gasteiger partial charge in [-0.2, -0.15) is 25.9 Å². The molecule has 3 aliphatic heterocycles. The molecule has 6 rings (SSSR count). The normalized spacial score (nSPS) is 18.8. The smallest absolute Gasteiger partial charge is 0.422 e. The molecule has 0 saturated carbocycles. The number of methoxy groups -OCH3 is 1. The SMILES string of the molecule is COC[C@H]1CN(c2cc(C)c3c4c(c(=O)oc3c2C)CN(C(=O)c2ccc(C(=O)NS(=O)(=O)N3CCCC3)c(OCC(F)(F)F)c2F)CC4)CCN1C. The van der Waals surface area contributed by atoms with Crippen molar-refractivity contribution in [3.8, 4) is 5.75 Å². The summed E-state index contributed by atoms with van der Waals surface area (Å²) in [7, 11) is -0.671. The number of hydrogen-bond donors (Lipinski definition) is 1. The number of nitrogens with one attached hydrogen (secondary N) is 1. The van der Waals surface area contributed by atoms with E-state index in [-0.39, 0.29) is 44.2 Å². The summed E-state index contributed by atoms with van der Waals surface area (Å²) in [6.07, 6.45) is -3.66. The van der Waals surface area contributed by atoms with Crippen LogP contribution >= 0.6 is 0 Å². The quantitative estimate of drug-likeness (QED) is 0.254. The molecule has 2 aromatic carbocycles. The Labute approximate surface area is 303 Å². The third-order valence-corrected chi connectivity index (χ3v) is 11.6. The molecule has 2 saturated heterocycles. The standard InChI is InChI=1S/C35H41F4N5O8S/c1-20-15-27(42-14-13-41(3)22(16-42)18-50-4)21(2)30-28(20)23-9-12-43(17-26(23)34(47)52-30)33(46)24-7-8-25(31(29(24)36)51-19-35(37,38)39)32(45)40-53(48,49)44-10-5-6-11-44/h7-8,15,22H,5-6,9-14,16-19H2,1-4H3,(H,40,45)/t22-/m1/s1. The first-order chi connectivity index (χ1) is 25.0. The van der Waals surface area contributed by atoms with E-state index in [0.717, 1.165) is 56.6 Å². The number of halogens is 4. The molecule has 1 atom stereocenters. The number of likely N-dealkylation sites (N-methyl/N-ethyl adjacent to an activating group) is 1. The number of piperazine rings is 1. The average molecular weight is 768 g/mol. The van der Waals surface area contributed by atoms with E-state index in [2.05, 4.69) is 20.6 Å². The third-order valence-electron chi connectivity index (χ3n) is 10.1. The van der Waals surface area contributed by atoms with E-state index in [1.807, 2.05) is 20.9 Å². The van der Waals surface area contributed by atoms with E-state index in [4.69, 9.17) is 9.15 Å². The van der Waals surface area contributed by atoms with Gasteiger partial charge in [0.25, 0.3) is 11.8 Å². The van der Waals surface area contributed by atoms with Gasteiger partial charge in [0.15, 0.2) is 18.2 Å². The molecule has 4 heterocycles. The van der Waals surface area contributed by atoms with E-state index in [1.165, 1.54) is 0 Å². The molecule has 2 fully saturated rings. The van der Waals surface area contributed by atoms with Gasteiger partial charge in [0.2, 0.25) is 0 Å². The summed E-state index contributed by atoms with van der Waals surface area (Å²) >= 11 is 0. The van der Waals surface area contributed by atoms with Gasteiger partial charge in [-0.05, 0) is 69.5 Å². The van der Waals surface area contributed by atoms with E-state index in [1.54, 1.807) is 11.8 Å². The van der Waals surface area contributed by atoms with Crippen LogP contribution in [0.1, 0.15) is 55.8 Å². The number of benzene rings is 2. The zero-order chi connectivity index (χ0) is 38.4. The highest BCUT2D eigenvalue weighted by Crippen LogP contribution is 2.37. The highest BCUT2D eigenvalue weighted by molar-refractivity contribution is 7.87. The molecular weight excluding hydrogens is 726 g/mol.